The van der Waals surface area contributed by atoms with E-state index in [2.05, 4.69) is 35.5 Å². The Bertz CT molecular complexity index is 725. The Hall–Kier alpha value is -2.14. The van der Waals surface area contributed by atoms with Gasteiger partial charge in [0.1, 0.15) is 6.04 Å². The first-order chi connectivity index (χ1) is 16.0. The monoisotopic (exact) mass is 518 g/mol. The second-order valence-electron chi connectivity index (χ2n) is 9.25. The van der Waals surface area contributed by atoms with Gasteiger partial charge in [-0.2, -0.15) is 12.6 Å². The Kier molecular flexibility index (Phi) is 16.5. The highest BCUT2D eigenvalue weighted by atomic mass is 32.1. The Morgan fingerprint density at radius 3 is 1.97 bits per heavy atom. The molecule has 0 aliphatic heterocycles. The maximum atomic E-state index is 12.6. The van der Waals surface area contributed by atoms with Gasteiger partial charge in [0.25, 0.3) is 0 Å². The molecule has 0 radical (unpaired) electrons. The minimum atomic E-state index is -1.47. The van der Waals surface area contributed by atoms with Crippen LogP contribution in [0.25, 0.3) is 0 Å². The Labute approximate surface area is 215 Å². The molecule has 0 aromatic heterocycles. The number of ether oxygens (including phenoxy) is 1. The van der Waals surface area contributed by atoms with Gasteiger partial charge >= 0.3 is 0 Å². The Morgan fingerprint density at radius 1 is 0.971 bits per heavy atom. The van der Waals surface area contributed by atoms with Gasteiger partial charge in [0.15, 0.2) is 11.8 Å². The summed E-state index contributed by atoms with van der Waals surface area (Å²) in [6.07, 6.45) is 2.21. The summed E-state index contributed by atoms with van der Waals surface area (Å²) in [7, 11) is 0. The van der Waals surface area contributed by atoms with Crippen molar-refractivity contribution in [2.24, 2.45) is 11.7 Å². The number of thiol groups is 1. The van der Waals surface area contributed by atoms with Crippen LogP contribution in [0.1, 0.15) is 81.6 Å². The maximum Gasteiger partial charge on any atom is 0.247 e. The van der Waals surface area contributed by atoms with E-state index in [1.54, 1.807) is 20.8 Å². The fourth-order valence-corrected chi connectivity index (χ4v) is 3.04. The maximum absolute atomic E-state index is 12.6. The van der Waals surface area contributed by atoms with E-state index in [0.717, 1.165) is 12.8 Å². The molecule has 5 N–H and O–H groups in total. The van der Waals surface area contributed by atoms with Crippen molar-refractivity contribution in [2.75, 3.05) is 13.2 Å². The van der Waals surface area contributed by atoms with Crippen LogP contribution in [-0.4, -0.2) is 65.0 Å². The van der Waals surface area contributed by atoms with Crippen LogP contribution in [0.4, 0.5) is 0 Å². The van der Waals surface area contributed by atoms with E-state index in [1.807, 2.05) is 27.7 Å². The predicted octanol–water partition coefficient (Wildman–Crippen LogP) is 1.50. The minimum absolute atomic E-state index is 0.295. The predicted molar refractivity (Wildman–Crippen MR) is 140 cm³/mol. The van der Waals surface area contributed by atoms with Crippen LogP contribution in [0.5, 0.6) is 0 Å². The number of carbonyl (C=O) groups excluding carboxylic acids is 5. The van der Waals surface area contributed by atoms with Crippen molar-refractivity contribution in [3.63, 3.8) is 0 Å². The lowest BCUT2D eigenvalue weighted by molar-refractivity contribution is -0.136. The van der Waals surface area contributed by atoms with Gasteiger partial charge in [0.05, 0.1) is 16.9 Å². The highest BCUT2D eigenvalue weighted by Gasteiger charge is 2.32. The quantitative estimate of drug-likeness (QED) is 0.163. The highest BCUT2D eigenvalue weighted by Crippen LogP contribution is 2.22. The van der Waals surface area contributed by atoms with Crippen LogP contribution in [0.2, 0.25) is 0 Å². The third-order valence-electron chi connectivity index (χ3n) is 5.03. The summed E-state index contributed by atoms with van der Waals surface area (Å²) in [6.45, 7) is 16.1. The van der Waals surface area contributed by atoms with Crippen LogP contribution in [-0.2, 0) is 28.7 Å². The third-order valence-corrected chi connectivity index (χ3v) is 5.46. The number of primary amides is 1. The first-order valence-corrected chi connectivity index (χ1v) is 12.6. The molecule has 0 rings (SSSR count). The van der Waals surface area contributed by atoms with Crippen molar-refractivity contribution in [3.8, 4) is 0 Å². The Morgan fingerprint density at radius 2 is 1.51 bits per heavy atom. The molecule has 0 aromatic rings. The number of nitrogens with two attached hydrogens (primary N) is 1. The molecule has 0 aliphatic carbocycles. The van der Waals surface area contributed by atoms with Crippen LogP contribution in [0.15, 0.2) is 0 Å². The lowest BCUT2D eigenvalue weighted by Gasteiger charge is -2.29. The summed E-state index contributed by atoms with van der Waals surface area (Å²) in [5.74, 6) is -3.85. The van der Waals surface area contributed by atoms with Crippen molar-refractivity contribution < 1.29 is 28.7 Å². The number of Topliss-reactive ketones (excluding diaryl/α,β-unsaturated/α-hetero) is 1. The molecule has 0 bridgehead atoms. The molecule has 0 spiro atoms. The van der Waals surface area contributed by atoms with Crippen molar-refractivity contribution >= 4 is 42.0 Å². The molecule has 0 saturated carbocycles. The van der Waals surface area contributed by atoms with E-state index in [0.29, 0.717) is 13.0 Å². The van der Waals surface area contributed by atoms with Crippen molar-refractivity contribution in [1.29, 1.82) is 0 Å². The van der Waals surface area contributed by atoms with Crippen LogP contribution in [0.3, 0.4) is 0 Å². The summed E-state index contributed by atoms with van der Waals surface area (Å²) in [5, 5.41) is 7.13. The van der Waals surface area contributed by atoms with Gasteiger partial charge in [-0.15, -0.1) is 0 Å². The van der Waals surface area contributed by atoms with Crippen molar-refractivity contribution in [1.82, 2.24) is 16.0 Å². The van der Waals surface area contributed by atoms with E-state index in [-0.39, 0.29) is 5.60 Å². The summed E-state index contributed by atoms with van der Waals surface area (Å²) in [5.41, 5.74) is 4.88. The summed E-state index contributed by atoms with van der Waals surface area (Å²) < 4.78 is 4.77. The lowest BCUT2D eigenvalue weighted by Crippen LogP contribution is -2.55. The van der Waals surface area contributed by atoms with Crippen LogP contribution < -0.4 is 21.7 Å². The smallest absolute Gasteiger partial charge is 0.247 e. The van der Waals surface area contributed by atoms with E-state index >= 15 is 0 Å². The Balaban J connectivity index is 0. The van der Waals surface area contributed by atoms with E-state index in [4.69, 9.17) is 10.5 Å². The normalized spacial score (nSPS) is 14.5. The number of hydrogen-bond acceptors (Lipinski definition) is 7. The molecular formula is C24H46N4O6S. The minimum Gasteiger partial charge on any atom is -0.376 e. The molecular weight excluding hydrogens is 472 g/mol. The molecule has 0 aliphatic rings. The average Bonchev–Trinajstić information content (AvgIpc) is 2.75. The van der Waals surface area contributed by atoms with Gasteiger partial charge in [-0.25, -0.2) is 0 Å². The van der Waals surface area contributed by atoms with E-state index in [9.17, 15) is 24.0 Å². The van der Waals surface area contributed by atoms with Gasteiger partial charge in [-0.3, -0.25) is 24.0 Å². The summed E-state index contributed by atoms with van der Waals surface area (Å²) in [6, 6.07) is -2.42. The molecule has 3 unspecified atom stereocenters. The molecule has 0 heterocycles. The van der Waals surface area contributed by atoms with Crippen LogP contribution in [0, 0.1) is 5.92 Å². The highest BCUT2D eigenvalue weighted by molar-refractivity contribution is 7.82. The van der Waals surface area contributed by atoms with Crippen molar-refractivity contribution in [3.05, 3.63) is 0 Å². The molecule has 0 saturated heterocycles. The zero-order valence-corrected chi connectivity index (χ0v) is 23.6. The second kappa shape index (κ2) is 16.5. The van der Waals surface area contributed by atoms with E-state index in [1.165, 1.54) is 6.92 Å². The molecule has 10 nitrogen and oxygen atoms in total. The summed E-state index contributed by atoms with van der Waals surface area (Å²) >= 11 is 4.42. The van der Waals surface area contributed by atoms with Gasteiger partial charge in [0.2, 0.25) is 23.6 Å². The molecule has 204 valence electrons. The molecule has 11 heteroatoms. The third kappa shape index (κ3) is 14.1. The number of hydrogen-bond donors (Lipinski definition) is 5. The SMILES string of the molecule is CC.CCCC(C)(C)OCCC(C)(S)C(=O)NC(C)C(=O)NCC(=O)NC(C(N)=O)C(=O)C(C)C. The number of rotatable bonds is 15. The molecule has 35 heavy (non-hydrogen) atoms. The number of amides is 4. The first-order valence-electron chi connectivity index (χ1n) is 12.1. The molecule has 0 fully saturated rings. The number of carbonyl (C=O) groups is 5. The first kappa shape index (κ1) is 35.0. The zero-order valence-electron chi connectivity index (χ0n) is 22.7. The van der Waals surface area contributed by atoms with Crippen molar-refractivity contribution in [2.45, 2.75) is 104 Å². The topological polar surface area (TPSA) is 157 Å². The number of ketones is 1. The summed E-state index contributed by atoms with van der Waals surface area (Å²) in [4.78, 5) is 60.3. The van der Waals surface area contributed by atoms with Gasteiger partial charge in [-0.05, 0) is 40.5 Å². The largest absolute Gasteiger partial charge is 0.376 e. The second-order valence-corrected chi connectivity index (χ2v) is 10.2. The standard InChI is InChI=1S/C22H40N4O6S.C2H6/c1-8-9-21(5,6)32-11-10-22(7,33)20(31)25-14(4)19(30)24-12-15(27)26-16(18(23)29)17(28)13(2)3;1-2/h13-14,16,33H,8-12H2,1-7H3,(H2,23,29)(H,24,30)(H,25,31)(H,26,27);1-2H3. The number of nitrogens with one attached hydrogen (secondary N) is 3. The van der Waals surface area contributed by atoms with Gasteiger partial charge < -0.3 is 26.4 Å². The average molecular weight is 519 g/mol. The lowest BCUT2D eigenvalue weighted by atomic mass is 10.0. The van der Waals surface area contributed by atoms with Gasteiger partial charge in [-0.1, -0.05) is 41.0 Å². The molecule has 0 aromatic carbocycles. The molecule has 4 amide bonds. The fourth-order valence-electron chi connectivity index (χ4n) is 2.88. The molecule has 3 atom stereocenters. The fraction of sp³-hybridized carbons (Fsp3) is 0.792. The van der Waals surface area contributed by atoms with Gasteiger partial charge in [0, 0.05) is 12.5 Å². The van der Waals surface area contributed by atoms with E-state index < -0.39 is 58.7 Å². The van der Waals surface area contributed by atoms with Crippen LogP contribution >= 0.6 is 12.6 Å². The zero-order chi connectivity index (χ0) is 28.0.